The van der Waals surface area contributed by atoms with Crippen LogP contribution in [-0.2, 0) is 14.8 Å². The first-order valence-corrected chi connectivity index (χ1v) is 10.4. The quantitative estimate of drug-likeness (QED) is 0.717. The topological polar surface area (TPSA) is 66.9 Å². The van der Waals surface area contributed by atoms with Gasteiger partial charge in [-0.05, 0) is 68.2 Å². The zero-order valence-electron chi connectivity index (χ0n) is 15.2. The summed E-state index contributed by atoms with van der Waals surface area (Å²) in [5.74, 6) is 0. The second-order valence-electron chi connectivity index (χ2n) is 7.32. The third-order valence-electron chi connectivity index (χ3n) is 3.92. The van der Waals surface area contributed by atoms with Crippen molar-refractivity contribution in [3.05, 3.63) is 28.2 Å². The average Bonchev–Trinajstić information content (AvgIpc) is 2.47. The molecule has 0 N–H and O–H groups in total. The molecule has 0 saturated carbocycles. The van der Waals surface area contributed by atoms with E-state index >= 15 is 0 Å². The minimum atomic E-state index is -3.62. The van der Waals surface area contributed by atoms with Crippen molar-refractivity contribution in [2.24, 2.45) is 0 Å². The lowest BCUT2D eigenvalue weighted by molar-refractivity contribution is 0.00859. The molecule has 1 fully saturated rings. The lowest BCUT2D eigenvalue weighted by Crippen LogP contribution is -2.56. The molecule has 1 aliphatic heterocycles. The van der Waals surface area contributed by atoms with Crippen LogP contribution in [0.5, 0.6) is 0 Å². The Morgan fingerprint density at radius 2 is 1.92 bits per heavy atom. The first-order chi connectivity index (χ1) is 11.4. The number of benzene rings is 1. The Labute approximate surface area is 158 Å². The van der Waals surface area contributed by atoms with Gasteiger partial charge in [0.15, 0.2) is 0 Å². The molecule has 0 bridgehead atoms. The standard InChI is InChI=1S/C17H25BrN2O4S/c1-12-6-7-14(18)15(10-12)25(22,23)19-8-9-20(13(2)11-19)16(21)24-17(3,4)5/h6-7,10,13H,8-9,11H2,1-5H3/t13-/m0/s1. The van der Waals surface area contributed by atoms with Crippen LogP contribution in [0.1, 0.15) is 33.3 Å². The van der Waals surface area contributed by atoms with Crippen molar-refractivity contribution in [1.29, 1.82) is 0 Å². The molecule has 1 aromatic carbocycles. The Morgan fingerprint density at radius 1 is 1.28 bits per heavy atom. The predicted octanol–water partition coefficient (Wildman–Crippen LogP) is 3.39. The highest BCUT2D eigenvalue weighted by Gasteiger charge is 2.36. The molecule has 2 rings (SSSR count). The van der Waals surface area contributed by atoms with Crippen molar-refractivity contribution in [2.45, 2.75) is 51.2 Å². The Morgan fingerprint density at radius 3 is 2.48 bits per heavy atom. The molecule has 8 heteroatoms. The highest BCUT2D eigenvalue weighted by Crippen LogP contribution is 2.28. The van der Waals surface area contributed by atoms with Crippen LogP contribution >= 0.6 is 15.9 Å². The number of aryl methyl sites for hydroxylation is 1. The van der Waals surface area contributed by atoms with Gasteiger partial charge in [0.25, 0.3) is 0 Å². The zero-order valence-corrected chi connectivity index (χ0v) is 17.6. The van der Waals surface area contributed by atoms with Crippen LogP contribution in [0.4, 0.5) is 4.79 Å². The van der Waals surface area contributed by atoms with Crippen LogP contribution in [0.3, 0.4) is 0 Å². The first kappa shape index (κ1) is 20.2. The van der Waals surface area contributed by atoms with Gasteiger partial charge in [0.1, 0.15) is 5.60 Å². The fraction of sp³-hybridized carbons (Fsp3) is 0.588. The molecule has 6 nitrogen and oxygen atoms in total. The number of halogens is 1. The largest absolute Gasteiger partial charge is 0.444 e. The van der Waals surface area contributed by atoms with Crippen LogP contribution in [0.15, 0.2) is 27.6 Å². The van der Waals surface area contributed by atoms with E-state index in [9.17, 15) is 13.2 Å². The highest BCUT2D eigenvalue weighted by molar-refractivity contribution is 9.10. The van der Waals surface area contributed by atoms with E-state index in [1.54, 1.807) is 17.0 Å². The van der Waals surface area contributed by atoms with E-state index in [1.807, 2.05) is 40.7 Å². The zero-order chi connectivity index (χ0) is 19.0. The number of hydrogen-bond donors (Lipinski definition) is 0. The summed E-state index contributed by atoms with van der Waals surface area (Å²) < 4.78 is 33.3. The lowest BCUT2D eigenvalue weighted by atomic mass is 10.2. The fourth-order valence-electron chi connectivity index (χ4n) is 2.68. The Hall–Kier alpha value is -1.12. The van der Waals surface area contributed by atoms with Gasteiger partial charge in [-0.2, -0.15) is 4.31 Å². The van der Waals surface area contributed by atoms with Gasteiger partial charge in [0.05, 0.1) is 4.90 Å². The van der Waals surface area contributed by atoms with Crippen LogP contribution in [0.25, 0.3) is 0 Å². The van der Waals surface area contributed by atoms with Gasteiger partial charge in [-0.3, -0.25) is 0 Å². The van der Waals surface area contributed by atoms with Gasteiger partial charge in [-0.25, -0.2) is 13.2 Å². The Kier molecular flexibility index (Phi) is 5.85. The number of ether oxygens (including phenoxy) is 1. The van der Waals surface area contributed by atoms with E-state index in [1.165, 1.54) is 4.31 Å². The summed E-state index contributed by atoms with van der Waals surface area (Å²) in [6, 6.07) is 4.99. The highest BCUT2D eigenvalue weighted by atomic mass is 79.9. The van der Waals surface area contributed by atoms with Crippen LogP contribution in [-0.4, -0.2) is 55.0 Å². The normalized spacial score (nSPS) is 19.8. The van der Waals surface area contributed by atoms with Crippen molar-refractivity contribution in [1.82, 2.24) is 9.21 Å². The van der Waals surface area contributed by atoms with Crippen molar-refractivity contribution >= 4 is 32.0 Å². The average molecular weight is 433 g/mol. The molecule has 1 saturated heterocycles. The molecule has 0 aliphatic carbocycles. The number of carbonyl (C=O) groups excluding carboxylic acids is 1. The van der Waals surface area contributed by atoms with E-state index in [-0.39, 0.29) is 24.0 Å². The van der Waals surface area contributed by atoms with Gasteiger partial charge < -0.3 is 9.64 Å². The summed E-state index contributed by atoms with van der Waals surface area (Å²) in [7, 11) is -3.62. The maximum atomic E-state index is 13.0. The minimum Gasteiger partial charge on any atom is -0.444 e. The van der Waals surface area contributed by atoms with Gasteiger partial charge in [-0.1, -0.05) is 6.07 Å². The van der Waals surface area contributed by atoms with Crippen molar-refractivity contribution in [2.75, 3.05) is 19.6 Å². The van der Waals surface area contributed by atoms with Gasteiger partial charge in [0, 0.05) is 30.1 Å². The lowest BCUT2D eigenvalue weighted by Gasteiger charge is -2.39. The number of carbonyl (C=O) groups is 1. The van der Waals surface area contributed by atoms with Crippen LogP contribution in [0, 0.1) is 6.92 Å². The van der Waals surface area contributed by atoms with Crippen molar-refractivity contribution < 1.29 is 17.9 Å². The second kappa shape index (κ2) is 7.25. The maximum Gasteiger partial charge on any atom is 0.410 e. The van der Waals surface area contributed by atoms with Gasteiger partial charge in [0.2, 0.25) is 10.0 Å². The van der Waals surface area contributed by atoms with E-state index in [4.69, 9.17) is 4.74 Å². The molecular formula is C17H25BrN2O4S. The monoisotopic (exact) mass is 432 g/mol. The van der Waals surface area contributed by atoms with E-state index in [2.05, 4.69) is 15.9 Å². The summed E-state index contributed by atoms with van der Waals surface area (Å²) >= 11 is 3.33. The van der Waals surface area contributed by atoms with Crippen LogP contribution in [0.2, 0.25) is 0 Å². The number of nitrogens with zero attached hydrogens (tertiary/aromatic N) is 2. The Bertz CT molecular complexity index is 758. The number of piperazine rings is 1. The first-order valence-electron chi connectivity index (χ1n) is 8.18. The summed E-state index contributed by atoms with van der Waals surface area (Å²) in [6.07, 6.45) is -0.409. The minimum absolute atomic E-state index is 0.238. The molecule has 1 atom stereocenters. The smallest absolute Gasteiger partial charge is 0.410 e. The summed E-state index contributed by atoms with van der Waals surface area (Å²) in [4.78, 5) is 14.1. The van der Waals surface area contributed by atoms with E-state index in [0.717, 1.165) is 5.56 Å². The molecule has 140 valence electrons. The summed E-state index contributed by atoms with van der Waals surface area (Å²) in [6.45, 7) is 9.90. The van der Waals surface area contributed by atoms with E-state index < -0.39 is 21.7 Å². The maximum absolute atomic E-state index is 13.0. The summed E-state index contributed by atoms with van der Waals surface area (Å²) in [5, 5.41) is 0. The van der Waals surface area contributed by atoms with Crippen LogP contribution < -0.4 is 0 Å². The third kappa shape index (κ3) is 4.74. The number of hydrogen-bond acceptors (Lipinski definition) is 4. The number of rotatable bonds is 2. The van der Waals surface area contributed by atoms with Crippen molar-refractivity contribution in [3.8, 4) is 0 Å². The molecule has 0 unspecified atom stereocenters. The molecule has 1 amide bonds. The van der Waals surface area contributed by atoms with Gasteiger partial charge >= 0.3 is 6.09 Å². The molecule has 0 aromatic heterocycles. The van der Waals surface area contributed by atoms with E-state index in [0.29, 0.717) is 11.0 Å². The number of sulfonamides is 1. The molecule has 0 spiro atoms. The Balaban J connectivity index is 2.17. The molecule has 1 heterocycles. The fourth-order valence-corrected chi connectivity index (χ4v) is 5.20. The molecular weight excluding hydrogens is 408 g/mol. The second-order valence-corrected chi connectivity index (χ2v) is 10.1. The predicted molar refractivity (Wildman–Crippen MR) is 100 cm³/mol. The SMILES string of the molecule is Cc1ccc(Br)c(S(=O)(=O)N2CCN(C(=O)OC(C)(C)C)[C@@H](C)C2)c1. The third-order valence-corrected chi connectivity index (χ3v) is 6.78. The molecule has 0 radical (unpaired) electrons. The molecule has 25 heavy (non-hydrogen) atoms. The summed E-state index contributed by atoms with van der Waals surface area (Å²) in [5.41, 5.74) is 0.300. The molecule has 1 aliphatic rings. The van der Waals surface area contributed by atoms with Gasteiger partial charge in [-0.15, -0.1) is 0 Å². The molecule has 1 aromatic rings. The van der Waals surface area contributed by atoms with Crippen molar-refractivity contribution in [3.63, 3.8) is 0 Å². The number of amides is 1.